The third-order valence-corrected chi connectivity index (χ3v) is 5.13. The molecule has 2 aromatic rings. The van der Waals surface area contributed by atoms with Crippen LogP contribution >= 0.6 is 0 Å². The number of pyridine rings is 1. The van der Waals surface area contributed by atoms with E-state index in [1.165, 1.54) is 11.0 Å². The summed E-state index contributed by atoms with van der Waals surface area (Å²) in [5, 5.41) is 4.09. The predicted molar refractivity (Wildman–Crippen MR) is 89.8 cm³/mol. The van der Waals surface area contributed by atoms with E-state index >= 15 is 0 Å². The van der Waals surface area contributed by atoms with Gasteiger partial charge in [-0.2, -0.15) is 0 Å². The number of amides is 2. The van der Waals surface area contributed by atoms with E-state index in [9.17, 15) is 9.59 Å². The summed E-state index contributed by atoms with van der Waals surface area (Å²) in [6.45, 7) is 1.73. The van der Waals surface area contributed by atoms with E-state index in [4.69, 9.17) is 0 Å². The maximum atomic E-state index is 13.1. The normalized spacial score (nSPS) is 23.5. The molecule has 2 fully saturated rings. The zero-order valence-corrected chi connectivity index (χ0v) is 14.1. The third-order valence-electron chi connectivity index (χ3n) is 5.13. The van der Waals surface area contributed by atoms with Gasteiger partial charge in [-0.3, -0.25) is 19.3 Å². The summed E-state index contributed by atoms with van der Waals surface area (Å²) in [4.78, 5) is 37.4. The van der Waals surface area contributed by atoms with E-state index < -0.39 is 5.41 Å². The van der Waals surface area contributed by atoms with Gasteiger partial charge in [-0.1, -0.05) is 0 Å². The molecule has 1 unspecified atom stereocenters. The number of piperidine rings is 1. The molecule has 0 N–H and O–H groups in total. The molecular formula is C17H20N6O2. The Morgan fingerprint density at radius 3 is 2.88 bits per heavy atom. The number of nitrogens with zero attached hydrogens (tertiary/aromatic N) is 6. The Hall–Kier alpha value is -2.77. The van der Waals surface area contributed by atoms with Gasteiger partial charge in [0.2, 0.25) is 11.7 Å². The SMILES string of the molecule is Cn1cnc(C(=O)N2CCCC3(CCN(c4cccnc4)C3=O)C2)n1. The van der Waals surface area contributed by atoms with Crippen molar-refractivity contribution in [3.63, 3.8) is 0 Å². The molecule has 25 heavy (non-hydrogen) atoms. The number of hydrogen-bond acceptors (Lipinski definition) is 5. The molecule has 0 saturated carbocycles. The van der Waals surface area contributed by atoms with Crippen LogP contribution in [0.4, 0.5) is 5.69 Å². The van der Waals surface area contributed by atoms with E-state index in [-0.39, 0.29) is 17.6 Å². The highest BCUT2D eigenvalue weighted by Gasteiger charge is 2.50. The summed E-state index contributed by atoms with van der Waals surface area (Å²) in [6.07, 6.45) is 7.28. The minimum Gasteiger partial charge on any atom is -0.335 e. The van der Waals surface area contributed by atoms with Gasteiger partial charge in [0.05, 0.1) is 17.3 Å². The summed E-state index contributed by atoms with van der Waals surface area (Å²) in [7, 11) is 1.73. The first-order chi connectivity index (χ1) is 12.1. The second kappa shape index (κ2) is 5.94. The maximum Gasteiger partial charge on any atom is 0.293 e. The summed E-state index contributed by atoms with van der Waals surface area (Å²) >= 11 is 0. The van der Waals surface area contributed by atoms with Crippen LogP contribution in [-0.2, 0) is 11.8 Å². The van der Waals surface area contributed by atoms with Crippen LogP contribution in [-0.4, -0.2) is 56.1 Å². The highest BCUT2D eigenvalue weighted by Crippen LogP contribution is 2.41. The fourth-order valence-electron chi connectivity index (χ4n) is 3.84. The van der Waals surface area contributed by atoms with Gasteiger partial charge in [0, 0.05) is 32.9 Å². The van der Waals surface area contributed by atoms with Gasteiger partial charge in [0.15, 0.2) is 0 Å². The van der Waals surface area contributed by atoms with E-state index in [2.05, 4.69) is 15.1 Å². The minimum absolute atomic E-state index is 0.0898. The van der Waals surface area contributed by atoms with Crippen LogP contribution in [0.15, 0.2) is 30.9 Å². The number of aromatic nitrogens is 4. The van der Waals surface area contributed by atoms with Gasteiger partial charge >= 0.3 is 0 Å². The molecule has 0 aromatic carbocycles. The molecule has 4 rings (SSSR count). The average Bonchev–Trinajstić information content (AvgIpc) is 3.20. The van der Waals surface area contributed by atoms with Crippen molar-refractivity contribution in [1.29, 1.82) is 0 Å². The average molecular weight is 340 g/mol. The van der Waals surface area contributed by atoms with Crippen molar-refractivity contribution < 1.29 is 9.59 Å². The third kappa shape index (κ3) is 2.67. The number of carbonyl (C=O) groups is 2. The van der Waals surface area contributed by atoms with Crippen LogP contribution in [0, 0.1) is 5.41 Å². The van der Waals surface area contributed by atoms with Crippen molar-refractivity contribution >= 4 is 17.5 Å². The Labute approximate surface area is 145 Å². The molecule has 4 heterocycles. The number of carbonyl (C=O) groups excluding carboxylic acids is 2. The van der Waals surface area contributed by atoms with Gasteiger partial charge in [0.25, 0.3) is 5.91 Å². The zero-order valence-electron chi connectivity index (χ0n) is 14.1. The first-order valence-corrected chi connectivity index (χ1v) is 8.46. The van der Waals surface area contributed by atoms with Crippen LogP contribution < -0.4 is 4.90 Å². The van der Waals surface area contributed by atoms with Crippen molar-refractivity contribution in [3.05, 3.63) is 36.7 Å². The second-order valence-electron chi connectivity index (χ2n) is 6.77. The topological polar surface area (TPSA) is 84.2 Å². The molecule has 1 spiro atoms. The lowest BCUT2D eigenvalue weighted by atomic mass is 9.78. The molecule has 0 bridgehead atoms. The van der Waals surface area contributed by atoms with Crippen molar-refractivity contribution in [3.8, 4) is 0 Å². The van der Waals surface area contributed by atoms with Crippen molar-refractivity contribution in [2.24, 2.45) is 12.5 Å². The van der Waals surface area contributed by atoms with Gasteiger partial charge in [-0.25, -0.2) is 4.98 Å². The van der Waals surface area contributed by atoms with Crippen LogP contribution in [0.2, 0.25) is 0 Å². The van der Waals surface area contributed by atoms with E-state index in [0.29, 0.717) is 19.6 Å². The highest BCUT2D eigenvalue weighted by molar-refractivity contribution is 6.00. The van der Waals surface area contributed by atoms with E-state index in [0.717, 1.165) is 24.9 Å². The minimum atomic E-state index is -0.501. The van der Waals surface area contributed by atoms with Gasteiger partial charge < -0.3 is 9.80 Å². The second-order valence-corrected chi connectivity index (χ2v) is 6.77. The van der Waals surface area contributed by atoms with Gasteiger partial charge in [0.1, 0.15) is 6.33 Å². The summed E-state index contributed by atoms with van der Waals surface area (Å²) in [5.41, 5.74) is 0.317. The first kappa shape index (κ1) is 15.7. The smallest absolute Gasteiger partial charge is 0.293 e. The van der Waals surface area contributed by atoms with Crippen molar-refractivity contribution in [2.45, 2.75) is 19.3 Å². The van der Waals surface area contributed by atoms with Crippen LogP contribution in [0.3, 0.4) is 0 Å². The largest absolute Gasteiger partial charge is 0.335 e. The number of aryl methyl sites for hydroxylation is 1. The Morgan fingerprint density at radius 2 is 2.16 bits per heavy atom. The molecule has 2 saturated heterocycles. The van der Waals surface area contributed by atoms with Crippen LogP contribution in [0.5, 0.6) is 0 Å². The summed E-state index contributed by atoms with van der Waals surface area (Å²) in [6, 6.07) is 3.73. The molecule has 0 aliphatic carbocycles. The Kier molecular flexibility index (Phi) is 3.74. The molecule has 130 valence electrons. The maximum absolute atomic E-state index is 13.1. The van der Waals surface area contributed by atoms with E-state index in [1.807, 2.05) is 12.1 Å². The predicted octanol–water partition coefficient (Wildman–Crippen LogP) is 0.869. The molecule has 2 amide bonds. The molecule has 2 aromatic heterocycles. The quantitative estimate of drug-likeness (QED) is 0.810. The highest BCUT2D eigenvalue weighted by atomic mass is 16.2. The Bertz CT molecular complexity index is 804. The van der Waals surface area contributed by atoms with Crippen LogP contribution in [0.1, 0.15) is 29.9 Å². The zero-order chi connectivity index (χ0) is 17.4. The molecule has 8 nitrogen and oxygen atoms in total. The monoisotopic (exact) mass is 340 g/mol. The van der Waals surface area contributed by atoms with E-state index in [1.54, 1.807) is 29.2 Å². The number of anilines is 1. The summed E-state index contributed by atoms with van der Waals surface area (Å²) in [5.74, 6) is 0.0772. The lowest BCUT2D eigenvalue weighted by molar-refractivity contribution is -0.127. The lowest BCUT2D eigenvalue weighted by Gasteiger charge is -2.38. The molecule has 1 atom stereocenters. The molecular weight excluding hydrogens is 320 g/mol. The van der Waals surface area contributed by atoms with Crippen molar-refractivity contribution in [1.82, 2.24) is 24.6 Å². The Morgan fingerprint density at radius 1 is 1.28 bits per heavy atom. The van der Waals surface area contributed by atoms with Gasteiger partial charge in [-0.05, 0) is 31.4 Å². The lowest BCUT2D eigenvalue weighted by Crippen LogP contribution is -2.50. The molecule has 2 aliphatic rings. The fourth-order valence-corrected chi connectivity index (χ4v) is 3.84. The van der Waals surface area contributed by atoms with Crippen LogP contribution in [0.25, 0.3) is 0 Å². The standard InChI is InChI=1S/C17H20N6O2/c1-21-12-19-14(20-21)15(24)22-8-3-5-17(11-22)6-9-23(16(17)25)13-4-2-7-18-10-13/h2,4,7,10,12H,3,5-6,8-9,11H2,1H3. The van der Waals surface area contributed by atoms with Gasteiger partial charge in [-0.15, -0.1) is 5.10 Å². The molecule has 8 heteroatoms. The summed E-state index contributed by atoms with van der Waals surface area (Å²) < 4.78 is 1.51. The first-order valence-electron chi connectivity index (χ1n) is 8.46. The number of likely N-dealkylation sites (tertiary alicyclic amines) is 1. The number of hydrogen-bond donors (Lipinski definition) is 0. The molecule has 0 radical (unpaired) electrons. The number of rotatable bonds is 2. The fraction of sp³-hybridized carbons (Fsp3) is 0.471. The van der Waals surface area contributed by atoms with Crippen molar-refractivity contribution in [2.75, 3.05) is 24.5 Å². The Balaban J connectivity index is 1.54. The molecule has 2 aliphatic heterocycles.